The van der Waals surface area contributed by atoms with Gasteiger partial charge in [-0.3, -0.25) is 9.55 Å². The zero-order chi connectivity index (χ0) is 15.3. The number of imidazole rings is 1. The molecule has 0 atom stereocenters. The molecule has 4 rings (SSSR count). The van der Waals surface area contributed by atoms with Gasteiger partial charge in [0, 0.05) is 36.0 Å². The van der Waals surface area contributed by atoms with Crippen molar-refractivity contribution in [3.05, 3.63) is 38.9 Å². The van der Waals surface area contributed by atoms with Crippen molar-refractivity contribution in [2.24, 2.45) is 7.05 Å². The Hall–Kier alpha value is -1.66. The number of aryl methyl sites for hydroxylation is 1. The lowest BCUT2D eigenvalue weighted by molar-refractivity contribution is 0.0848. The number of H-pyrrole nitrogens is 1. The van der Waals surface area contributed by atoms with Crippen LogP contribution in [-0.2, 0) is 11.8 Å². The average molecular weight is 362 g/mol. The molecule has 0 radical (unpaired) electrons. The van der Waals surface area contributed by atoms with E-state index in [1.165, 1.54) is 0 Å². The number of fused-ring (bicyclic) bond motifs is 3. The summed E-state index contributed by atoms with van der Waals surface area (Å²) >= 11 is 3.50. The van der Waals surface area contributed by atoms with E-state index >= 15 is 0 Å². The van der Waals surface area contributed by atoms with Crippen LogP contribution in [0.4, 0.5) is 0 Å². The first-order valence-corrected chi connectivity index (χ1v) is 8.20. The third kappa shape index (κ3) is 2.09. The Kier molecular flexibility index (Phi) is 3.31. The fourth-order valence-electron chi connectivity index (χ4n) is 3.26. The van der Waals surface area contributed by atoms with Gasteiger partial charge in [0.25, 0.3) is 0 Å². The molecule has 0 amide bonds. The molecule has 1 fully saturated rings. The molecule has 114 valence electrons. The zero-order valence-corrected chi connectivity index (χ0v) is 13.8. The Bertz CT molecular complexity index is 922. The molecule has 5 nitrogen and oxygen atoms in total. The molecule has 3 heterocycles. The summed E-state index contributed by atoms with van der Waals surface area (Å²) in [4.78, 5) is 20.0. The largest absolute Gasteiger partial charge is 0.381 e. The fraction of sp³-hybridized carbons (Fsp3) is 0.375. The summed E-state index contributed by atoms with van der Waals surface area (Å²) in [7, 11) is 1.80. The second-order valence-electron chi connectivity index (χ2n) is 5.76. The normalized spacial score (nSPS) is 16.6. The lowest BCUT2D eigenvalue weighted by atomic mass is 9.94. The van der Waals surface area contributed by atoms with E-state index in [0.717, 1.165) is 58.2 Å². The predicted octanol–water partition coefficient (Wildman–Crippen LogP) is 3.07. The van der Waals surface area contributed by atoms with Crippen molar-refractivity contribution in [1.29, 1.82) is 0 Å². The maximum absolute atomic E-state index is 12.1. The van der Waals surface area contributed by atoms with Crippen LogP contribution in [0.3, 0.4) is 0 Å². The molecule has 1 saturated heterocycles. The van der Waals surface area contributed by atoms with Crippen LogP contribution >= 0.6 is 15.9 Å². The summed E-state index contributed by atoms with van der Waals surface area (Å²) in [5, 5.41) is 0.970. The van der Waals surface area contributed by atoms with E-state index in [-0.39, 0.29) is 5.69 Å². The molecule has 6 heteroatoms. The molecule has 0 unspecified atom stereocenters. The molecule has 0 spiro atoms. The SMILES string of the molecule is Cn1c(=O)[nH]c2c3cc(Br)ccc3nc(C3CCOCC3)c21. The van der Waals surface area contributed by atoms with Gasteiger partial charge in [-0.1, -0.05) is 15.9 Å². The monoisotopic (exact) mass is 361 g/mol. The van der Waals surface area contributed by atoms with Gasteiger partial charge in [0.1, 0.15) is 0 Å². The van der Waals surface area contributed by atoms with Crippen LogP contribution in [0, 0.1) is 0 Å². The maximum Gasteiger partial charge on any atom is 0.326 e. The Labute approximate surface area is 135 Å². The Morgan fingerprint density at radius 1 is 1.36 bits per heavy atom. The van der Waals surface area contributed by atoms with Crippen LogP contribution in [-0.4, -0.2) is 27.7 Å². The summed E-state index contributed by atoms with van der Waals surface area (Å²) < 4.78 is 8.11. The molecule has 22 heavy (non-hydrogen) atoms. The first-order chi connectivity index (χ1) is 10.6. The molecule has 0 aliphatic carbocycles. The van der Waals surface area contributed by atoms with E-state index in [9.17, 15) is 4.79 Å². The Morgan fingerprint density at radius 2 is 2.14 bits per heavy atom. The number of aromatic amines is 1. The van der Waals surface area contributed by atoms with Crippen LogP contribution in [0.25, 0.3) is 21.9 Å². The van der Waals surface area contributed by atoms with Gasteiger partial charge in [0.05, 0.1) is 22.2 Å². The average Bonchev–Trinajstić information content (AvgIpc) is 2.84. The molecule has 2 aromatic heterocycles. The van der Waals surface area contributed by atoms with Crippen molar-refractivity contribution in [2.45, 2.75) is 18.8 Å². The van der Waals surface area contributed by atoms with Gasteiger partial charge in [-0.05, 0) is 31.0 Å². The Balaban J connectivity index is 2.09. The predicted molar refractivity (Wildman–Crippen MR) is 89.3 cm³/mol. The molecule has 1 aliphatic rings. The number of pyridine rings is 1. The van der Waals surface area contributed by atoms with Gasteiger partial charge in [0.2, 0.25) is 0 Å². The van der Waals surface area contributed by atoms with Gasteiger partial charge in [-0.25, -0.2) is 4.79 Å². The highest BCUT2D eigenvalue weighted by molar-refractivity contribution is 9.10. The lowest BCUT2D eigenvalue weighted by Gasteiger charge is -2.22. The quantitative estimate of drug-likeness (QED) is 0.724. The number of rotatable bonds is 1. The van der Waals surface area contributed by atoms with Crippen molar-refractivity contribution in [2.75, 3.05) is 13.2 Å². The summed E-state index contributed by atoms with van der Waals surface area (Å²) in [5.74, 6) is 0.339. The number of ether oxygens (including phenoxy) is 1. The number of nitrogens with one attached hydrogen (secondary N) is 1. The van der Waals surface area contributed by atoms with Crippen LogP contribution in [0.15, 0.2) is 27.5 Å². The Morgan fingerprint density at radius 3 is 2.91 bits per heavy atom. The van der Waals surface area contributed by atoms with E-state index in [1.807, 2.05) is 18.2 Å². The van der Waals surface area contributed by atoms with Gasteiger partial charge in [0.15, 0.2) is 0 Å². The van der Waals surface area contributed by atoms with Crippen molar-refractivity contribution in [1.82, 2.24) is 14.5 Å². The first kappa shape index (κ1) is 14.0. The van der Waals surface area contributed by atoms with Crippen molar-refractivity contribution in [3.8, 4) is 0 Å². The molecular formula is C16H16BrN3O2. The first-order valence-electron chi connectivity index (χ1n) is 7.41. The second-order valence-corrected chi connectivity index (χ2v) is 6.67. The van der Waals surface area contributed by atoms with E-state index in [0.29, 0.717) is 5.92 Å². The standard InChI is InChI=1S/C16H16BrN3O2/c1-20-15-13(9-4-6-22-7-5-9)18-12-3-2-10(17)8-11(12)14(15)19-16(20)21/h2-3,8-9H,4-7H2,1H3,(H,19,21). The molecule has 0 saturated carbocycles. The topological polar surface area (TPSA) is 59.9 Å². The third-order valence-corrected chi connectivity index (χ3v) is 4.92. The number of aromatic nitrogens is 3. The van der Waals surface area contributed by atoms with Gasteiger partial charge in [-0.2, -0.15) is 0 Å². The number of halogens is 1. The van der Waals surface area contributed by atoms with Crippen LogP contribution in [0.1, 0.15) is 24.5 Å². The lowest BCUT2D eigenvalue weighted by Crippen LogP contribution is -2.17. The highest BCUT2D eigenvalue weighted by atomic mass is 79.9. The van der Waals surface area contributed by atoms with E-state index in [2.05, 4.69) is 20.9 Å². The minimum absolute atomic E-state index is 0.0995. The number of hydrogen-bond acceptors (Lipinski definition) is 3. The smallest absolute Gasteiger partial charge is 0.326 e. The highest BCUT2D eigenvalue weighted by Crippen LogP contribution is 2.34. The molecule has 1 aromatic carbocycles. The number of benzene rings is 1. The third-order valence-electron chi connectivity index (χ3n) is 4.43. The molecule has 3 aromatic rings. The van der Waals surface area contributed by atoms with Crippen LogP contribution in [0.2, 0.25) is 0 Å². The van der Waals surface area contributed by atoms with E-state index in [4.69, 9.17) is 9.72 Å². The molecule has 1 N–H and O–H groups in total. The van der Waals surface area contributed by atoms with E-state index in [1.54, 1.807) is 11.6 Å². The summed E-state index contributed by atoms with van der Waals surface area (Å²) in [6, 6.07) is 5.98. The molecule has 0 bridgehead atoms. The van der Waals surface area contributed by atoms with E-state index < -0.39 is 0 Å². The highest BCUT2D eigenvalue weighted by Gasteiger charge is 2.23. The summed E-state index contributed by atoms with van der Waals surface area (Å²) in [6.45, 7) is 1.51. The number of nitrogens with zero attached hydrogens (tertiary/aromatic N) is 2. The summed E-state index contributed by atoms with van der Waals surface area (Å²) in [5.41, 5.74) is 3.62. The molecular weight excluding hydrogens is 346 g/mol. The molecule has 1 aliphatic heterocycles. The van der Waals surface area contributed by atoms with Gasteiger partial charge >= 0.3 is 5.69 Å². The minimum atomic E-state index is -0.0995. The second kappa shape index (κ2) is 5.21. The van der Waals surface area contributed by atoms with Crippen molar-refractivity contribution in [3.63, 3.8) is 0 Å². The number of hydrogen-bond donors (Lipinski definition) is 1. The van der Waals surface area contributed by atoms with Crippen molar-refractivity contribution < 1.29 is 4.74 Å². The summed E-state index contributed by atoms with van der Waals surface area (Å²) in [6.07, 6.45) is 1.90. The van der Waals surface area contributed by atoms with Crippen LogP contribution < -0.4 is 5.69 Å². The zero-order valence-electron chi connectivity index (χ0n) is 12.2. The fourth-order valence-corrected chi connectivity index (χ4v) is 3.62. The van der Waals surface area contributed by atoms with Crippen LogP contribution in [0.5, 0.6) is 0 Å². The van der Waals surface area contributed by atoms with Crippen molar-refractivity contribution >= 4 is 37.9 Å². The van der Waals surface area contributed by atoms with Gasteiger partial charge in [-0.15, -0.1) is 0 Å². The van der Waals surface area contributed by atoms with Gasteiger partial charge < -0.3 is 9.72 Å². The minimum Gasteiger partial charge on any atom is -0.381 e. The maximum atomic E-state index is 12.1.